The van der Waals surface area contributed by atoms with Gasteiger partial charge in [-0.05, 0) is 58.7 Å². The molecule has 16 heavy (non-hydrogen) atoms. The van der Waals surface area contributed by atoms with Gasteiger partial charge in [-0.15, -0.1) is 0 Å². The highest BCUT2D eigenvalue weighted by Crippen LogP contribution is 2.20. The van der Waals surface area contributed by atoms with E-state index in [1.165, 1.54) is 5.56 Å². The van der Waals surface area contributed by atoms with Crippen LogP contribution in [0.5, 0.6) is 0 Å². The fraction of sp³-hybridized carbons (Fsp3) is 0.167. The second-order valence-electron chi connectivity index (χ2n) is 3.58. The van der Waals surface area contributed by atoms with E-state index < -0.39 is 0 Å². The van der Waals surface area contributed by atoms with Crippen molar-refractivity contribution in [3.05, 3.63) is 50.8 Å². The van der Waals surface area contributed by atoms with E-state index in [4.69, 9.17) is 4.42 Å². The topological polar surface area (TPSA) is 25.2 Å². The van der Waals surface area contributed by atoms with Crippen molar-refractivity contribution in [2.75, 3.05) is 5.32 Å². The van der Waals surface area contributed by atoms with E-state index in [2.05, 4.69) is 56.2 Å². The summed E-state index contributed by atoms with van der Waals surface area (Å²) < 4.78 is 7.25. The van der Waals surface area contributed by atoms with Gasteiger partial charge >= 0.3 is 0 Å². The Bertz CT molecular complexity index is 473. The summed E-state index contributed by atoms with van der Waals surface area (Å²) in [4.78, 5) is 0. The van der Waals surface area contributed by atoms with Crippen molar-refractivity contribution in [2.45, 2.75) is 13.5 Å². The van der Waals surface area contributed by atoms with Gasteiger partial charge in [-0.25, -0.2) is 0 Å². The lowest BCUT2D eigenvalue weighted by Gasteiger charge is -2.06. The van der Waals surface area contributed by atoms with E-state index in [0.29, 0.717) is 6.54 Å². The standard InChI is InChI=1S/C12H11Br2NO/c1-8-4-9(13)6-10(5-8)15-7-11-2-3-12(14)16-11/h2-6,15H,7H2,1H3. The molecular formula is C12H11Br2NO. The van der Waals surface area contributed by atoms with Crippen molar-refractivity contribution < 1.29 is 4.42 Å². The van der Waals surface area contributed by atoms with E-state index in [-0.39, 0.29) is 0 Å². The Morgan fingerprint density at radius 1 is 1.19 bits per heavy atom. The molecule has 0 unspecified atom stereocenters. The maximum atomic E-state index is 5.41. The second-order valence-corrected chi connectivity index (χ2v) is 5.27. The summed E-state index contributed by atoms with van der Waals surface area (Å²) >= 11 is 6.75. The second kappa shape index (κ2) is 5.06. The van der Waals surface area contributed by atoms with Gasteiger partial charge in [0.15, 0.2) is 4.67 Å². The Hall–Kier alpha value is -0.740. The number of halogens is 2. The van der Waals surface area contributed by atoms with Crippen LogP contribution >= 0.6 is 31.9 Å². The number of benzene rings is 1. The Kier molecular flexibility index (Phi) is 3.71. The summed E-state index contributed by atoms with van der Waals surface area (Å²) in [6, 6.07) is 10.1. The summed E-state index contributed by atoms with van der Waals surface area (Å²) in [5.41, 5.74) is 2.30. The van der Waals surface area contributed by atoms with Gasteiger partial charge in [0.1, 0.15) is 5.76 Å². The number of nitrogens with one attached hydrogen (secondary N) is 1. The first-order valence-corrected chi connectivity index (χ1v) is 6.47. The lowest BCUT2D eigenvalue weighted by Crippen LogP contribution is -1.98. The number of anilines is 1. The lowest BCUT2D eigenvalue weighted by atomic mass is 10.2. The molecule has 0 spiro atoms. The van der Waals surface area contributed by atoms with Gasteiger partial charge in [-0.3, -0.25) is 0 Å². The van der Waals surface area contributed by atoms with E-state index in [1.54, 1.807) is 0 Å². The molecule has 0 saturated heterocycles. The molecule has 0 atom stereocenters. The first-order valence-electron chi connectivity index (χ1n) is 4.89. The van der Waals surface area contributed by atoms with E-state index >= 15 is 0 Å². The normalized spacial score (nSPS) is 10.4. The predicted octanol–water partition coefficient (Wildman–Crippen LogP) is 4.73. The minimum atomic E-state index is 0.682. The first-order chi connectivity index (χ1) is 7.63. The van der Waals surface area contributed by atoms with Crippen LogP contribution in [0.2, 0.25) is 0 Å². The van der Waals surface area contributed by atoms with Gasteiger partial charge in [-0.1, -0.05) is 15.9 Å². The van der Waals surface area contributed by atoms with Crippen molar-refractivity contribution >= 4 is 37.5 Å². The van der Waals surface area contributed by atoms with Gasteiger partial charge in [0.05, 0.1) is 6.54 Å². The minimum Gasteiger partial charge on any atom is -0.452 e. The maximum absolute atomic E-state index is 5.41. The molecule has 0 radical (unpaired) electrons. The fourth-order valence-corrected chi connectivity index (χ4v) is 2.42. The van der Waals surface area contributed by atoms with E-state index in [9.17, 15) is 0 Å². The summed E-state index contributed by atoms with van der Waals surface area (Å²) in [6.45, 7) is 2.75. The van der Waals surface area contributed by atoms with Gasteiger partial charge < -0.3 is 9.73 Å². The van der Waals surface area contributed by atoms with Gasteiger partial charge in [0, 0.05) is 10.2 Å². The third kappa shape index (κ3) is 3.12. The highest BCUT2D eigenvalue weighted by molar-refractivity contribution is 9.10. The molecule has 2 nitrogen and oxygen atoms in total. The van der Waals surface area contributed by atoms with Crippen LogP contribution in [0.4, 0.5) is 5.69 Å². The maximum Gasteiger partial charge on any atom is 0.169 e. The van der Waals surface area contributed by atoms with Crippen molar-refractivity contribution in [2.24, 2.45) is 0 Å². The number of hydrogen-bond donors (Lipinski definition) is 1. The molecule has 4 heteroatoms. The van der Waals surface area contributed by atoms with Crippen LogP contribution in [-0.2, 0) is 6.54 Å². The smallest absolute Gasteiger partial charge is 0.169 e. The number of rotatable bonds is 3. The molecule has 0 saturated carbocycles. The number of furan rings is 1. The molecule has 2 rings (SSSR count). The average Bonchev–Trinajstić information content (AvgIpc) is 2.60. The Labute approximate surface area is 111 Å². The SMILES string of the molecule is Cc1cc(Br)cc(NCc2ccc(Br)o2)c1. The molecule has 0 aliphatic heterocycles. The molecule has 2 aromatic rings. The third-order valence-electron chi connectivity index (χ3n) is 2.14. The molecule has 0 aliphatic carbocycles. The zero-order valence-electron chi connectivity index (χ0n) is 8.76. The van der Waals surface area contributed by atoms with Crippen molar-refractivity contribution in [1.29, 1.82) is 0 Å². The predicted molar refractivity (Wildman–Crippen MR) is 72.6 cm³/mol. The highest BCUT2D eigenvalue weighted by atomic mass is 79.9. The zero-order valence-corrected chi connectivity index (χ0v) is 11.9. The summed E-state index contributed by atoms with van der Waals surface area (Å²) in [7, 11) is 0. The van der Waals surface area contributed by atoms with Crippen LogP contribution in [0.3, 0.4) is 0 Å². The molecule has 0 fully saturated rings. The minimum absolute atomic E-state index is 0.682. The lowest BCUT2D eigenvalue weighted by molar-refractivity contribution is 0.495. The zero-order chi connectivity index (χ0) is 11.5. The van der Waals surface area contributed by atoms with Crippen LogP contribution < -0.4 is 5.32 Å². The van der Waals surface area contributed by atoms with Gasteiger partial charge in [0.2, 0.25) is 0 Å². The van der Waals surface area contributed by atoms with Crippen LogP contribution in [0.1, 0.15) is 11.3 Å². The molecule has 1 heterocycles. The molecule has 1 N–H and O–H groups in total. The van der Waals surface area contributed by atoms with Crippen molar-refractivity contribution in [3.63, 3.8) is 0 Å². The number of aryl methyl sites for hydroxylation is 1. The van der Waals surface area contributed by atoms with Gasteiger partial charge in [-0.2, -0.15) is 0 Å². The molecular weight excluding hydrogens is 334 g/mol. The molecule has 0 amide bonds. The van der Waals surface area contributed by atoms with Crippen LogP contribution in [0, 0.1) is 6.92 Å². The van der Waals surface area contributed by atoms with Crippen molar-refractivity contribution in [3.8, 4) is 0 Å². The molecule has 84 valence electrons. The van der Waals surface area contributed by atoms with Crippen LogP contribution in [0.25, 0.3) is 0 Å². The largest absolute Gasteiger partial charge is 0.452 e. The van der Waals surface area contributed by atoms with Crippen LogP contribution in [0.15, 0.2) is 43.9 Å². The van der Waals surface area contributed by atoms with Gasteiger partial charge in [0.25, 0.3) is 0 Å². The van der Waals surface area contributed by atoms with E-state index in [0.717, 1.165) is 20.6 Å². The molecule has 1 aromatic heterocycles. The summed E-state index contributed by atoms with van der Waals surface area (Å²) in [6.07, 6.45) is 0. The number of hydrogen-bond acceptors (Lipinski definition) is 2. The summed E-state index contributed by atoms with van der Waals surface area (Å²) in [5, 5.41) is 3.31. The average molecular weight is 345 g/mol. The summed E-state index contributed by atoms with van der Waals surface area (Å²) in [5.74, 6) is 0.907. The first kappa shape index (κ1) is 11.7. The Morgan fingerprint density at radius 2 is 2.00 bits per heavy atom. The fourth-order valence-electron chi connectivity index (χ4n) is 1.47. The van der Waals surface area contributed by atoms with Crippen molar-refractivity contribution in [1.82, 2.24) is 0 Å². The third-order valence-corrected chi connectivity index (χ3v) is 3.02. The molecule has 1 aromatic carbocycles. The molecule has 0 aliphatic rings. The van der Waals surface area contributed by atoms with E-state index in [1.807, 2.05) is 18.2 Å². The monoisotopic (exact) mass is 343 g/mol. The highest BCUT2D eigenvalue weighted by Gasteiger charge is 2.00. The molecule has 0 bridgehead atoms. The Balaban J connectivity index is 2.04. The Morgan fingerprint density at radius 3 is 2.62 bits per heavy atom. The quantitative estimate of drug-likeness (QED) is 0.871. The van der Waals surface area contributed by atoms with Crippen LogP contribution in [-0.4, -0.2) is 0 Å².